The zero-order chi connectivity index (χ0) is 22.7. The molecule has 0 bridgehead atoms. The van der Waals surface area contributed by atoms with Crippen LogP contribution in [0, 0.1) is 18.6 Å². The van der Waals surface area contributed by atoms with Crippen LogP contribution in [0.4, 0.5) is 25.0 Å². The van der Waals surface area contributed by atoms with Crippen molar-refractivity contribution in [1.82, 2.24) is 15.1 Å². The molecule has 0 saturated carbocycles. The van der Waals surface area contributed by atoms with E-state index in [9.17, 15) is 18.4 Å². The summed E-state index contributed by atoms with van der Waals surface area (Å²) in [7, 11) is 0. The number of carbonyl (C=O) groups excluding carboxylic acids is 2. The number of amides is 3. The van der Waals surface area contributed by atoms with Gasteiger partial charge in [-0.15, -0.1) is 10.2 Å². The van der Waals surface area contributed by atoms with Crippen molar-refractivity contribution < 1.29 is 18.4 Å². The summed E-state index contributed by atoms with van der Waals surface area (Å²) in [5.74, 6) is -1.78. The predicted molar refractivity (Wildman–Crippen MR) is 118 cm³/mol. The maximum absolute atomic E-state index is 13.8. The SMILES string of the molecule is Cc1ccc(NC(=O)c2nnc(C3CCCN(C(=O)Nc4cc(F)ccc4F)C3)s2)cc1. The molecule has 1 fully saturated rings. The number of anilines is 2. The number of halogens is 2. The molecule has 2 aromatic carbocycles. The van der Waals surface area contributed by atoms with Crippen LogP contribution in [0.1, 0.15) is 39.1 Å². The van der Waals surface area contributed by atoms with Crippen molar-refractivity contribution in [2.45, 2.75) is 25.7 Å². The second-order valence-electron chi connectivity index (χ2n) is 7.61. The van der Waals surface area contributed by atoms with E-state index in [-0.39, 0.29) is 22.5 Å². The summed E-state index contributed by atoms with van der Waals surface area (Å²) in [5, 5.41) is 14.3. The van der Waals surface area contributed by atoms with Gasteiger partial charge in [0, 0.05) is 30.8 Å². The van der Waals surface area contributed by atoms with Crippen molar-refractivity contribution in [2.24, 2.45) is 0 Å². The number of likely N-dealkylation sites (tertiary alicyclic amines) is 1. The Morgan fingerprint density at radius 1 is 1.09 bits per heavy atom. The fraction of sp³-hybridized carbons (Fsp3) is 0.273. The second-order valence-corrected chi connectivity index (χ2v) is 8.61. The number of nitrogens with one attached hydrogen (secondary N) is 2. The minimum Gasteiger partial charge on any atom is -0.324 e. The molecule has 4 rings (SSSR count). The van der Waals surface area contributed by atoms with Gasteiger partial charge in [-0.2, -0.15) is 0 Å². The largest absolute Gasteiger partial charge is 0.324 e. The predicted octanol–water partition coefficient (Wildman–Crippen LogP) is 4.79. The lowest BCUT2D eigenvalue weighted by Crippen LogP contribution is -2.41. The van der Waals surface area contributed by atoms with Crippen LogP contribution in [0.5, 0.6) is 0 Å². The first-order valence-electron chi connectivity index (χ1n) is 10.1. The molecule has 1 aliphatic heterocycles. The van der Waals surface area contributed by atoms with Crippen LogP contribution < -0.4 is 10.6 Å². The van der Waals surface area contributed by atoms with Gasteiger partial charge in [-0.25, -0.2) is 13.6 Å². The molecule has 2 heterocycles. The van der Waals surface area contributed by atoms with Crippen molar-refractivity contribution in [3.8, 4) is 0 Å². The highest BCUT2D eigenvalue weighted by Crippen LogP contribution is 2.30. The first-order chi connectivity index (χ1) is 15.4. The monoisotopic (exact) mass is 457 g/mol. The number of hydrogen-bond acceptors (Lipinski definition) is 5. The molecule has 0 radical (unpaired) electrons. The van der Waals surface area contributed by atoms with Crippen LogP contribution in [0.2, 0.25) is 0 Å². The molecule has 0 aliphatic carbocycles. The Morgan fingerprint density at radius 3 is 2.66 bits per heavy atom. The summed E-state index contributed by atoms with van der Waals surface area (Å²) in [6, 6.07) is 9.82. The summed E-state index contributed by atoms with van der Waals surface area (Å²) < 4.78 is 27.2. The van der Waals surface area contributed by atoms with E-state index in [1.165, 1.54) is 16.2 Å². The lowest BCUT2D eigenvalue weighted by molar-refractivity contribution is 0.102. The van der Waals surface area contributed by atoms with Crippen molar-refractivity contribution in [3.63, 3.8) is 0 Å². The summed E-state index contributed by atoms with van der Waals surface area (Å²) in [6.45, 7) is 2.79. The molecule has 3 amide bonds. The first-order valence-corrected chi connectivity index (χ1v) is 10.9. The maximum Gasteiger partial charge on any atom is 0.321 e. The molecular formula is C22H21F2N5O2S. The first kappa shape index (κ1) is 21.8. The van der Waals surface area contributed by atoms with E-state index in [0.717, 1.165) is 30.2 Å². The van der Waals surface area contributed by atoms with Gasteiger partial charge in [0.15, 0.2) is 0 Å². The minimum atomic E-state index is -0.707. The number of aromatic nitrogens is 2. The van der Waals surface area contributed by atoms with Crippen molar-refractivity contribution in [3.05, 3.63) is 69.7 Å². The quantitative estimate of drug-likeness (QED) is 0.590. The fourth-order valence-electron chi connectivity index (χ4n) is 3.46. The number of carbonyl (C=O) groups is 2. The van der Waals surface area contributed by atoms with E-state index in [2.05, 4.69) is 20.8 Å². The normalized spacial score (nSPS) is 16.0. The molecule has 0 spiro atoms. The van der Waals surface area contributed by atoms with Crippen LogP contribution in [0.15, 0.2) is 42.5 Å². The Labute approximate surface area is 187 Å². The van der Waals surface area contributed by atoms with Crippen LogP contribution >= 0.6 is 11.3 Å². The highest BCUT2D eigenvalue weighted by molar-refractivity contribution is 7.13. The smallest absolute Gasteiger partial charge is 0.321 e. The van der Waals surface area contributed by atoms with Gasteiger partial charge in [-0.05, 0) is 44.0 Å². The van der Waals surface area contributed by atoms with Crippen LogP contribution in [-0.4, -0.2) is 40.1 Å². The van der Waals surface area contributed by atoms with Crippen LogP contribution in [-0.2, 0) is 0 Å². The molecule has 2 N–H and O–H groups in total. The highest BCUT2D eigenvalue weighted by atomic mass is 32.1. The number of piperidine rings is 1. The Balaban J connectivity index is 1.39. The molecule has 10 heteroatoms. The third-order valence-electron chi connectivity index (χ3n) is 5.17. The van der Waals surface area contributed by atoms with Gasteiger partial charge < -0.3 is 15.5 Å². The van der Waals surface area contributed by atoms with Gasteiger partial charge in [-0.3, -0.25) is 4.79 Å². The molecule has 32 heavy (non-hydrogen) atoms. The molecule has 166 valence electrons. The number of rotatable bonds is 4. The van der Waals surface area contributed by atoms with E-state index >= 15 is 0 Å². The van der Waals surface area contributed by atoms with Gasteiger partial charge in [0.05, 0.1) is 5.69 Å². The van der Waals surface area contributed by atoms with E-state index < -0.39 is 17.7 Å². The number of urea groups is 1. The molecule has 1 aromatic heterocycles. The summed E-state index contributed by atoms with van der Waals surface area (Å²) in [6.07, 6.45) is 1.50. The average Bonchev–Trinajstić information content (AvgIpc) is 3.28. The van der Waals surface area contributed by atoms with Gasteiger partial charge in [-0.1, -0.05) is 29.0 Å². The van der Waals surface area contributed by atoms with Crippen LogP contribution in [0.25, 0.3) is 0 Å². The van der Waals surface area contributed by atoms with Crippen molar-refractivity contribution in [2.75, 3.05) is 23.7 Å². The van der Waals surface area contributed by atoms with Crippen LogP contribution in [0.3, 0.4) is 0 Å². The van der Waals surface area contributed by atoms with E-state index in [1.807, 2.05) is 31.2 Å². The topological polar surface area (TPSA) is 87.2 Å². The second kappa shape index (κ2) is 9.39. The molecule has 1 atom stereocenters. The zero-order valence-corrected chi connectivity index (χ0v) is 18.1. The van der Waals surface area contributed by atoms with Gasteiger partial charge >= 0.3 is 6.03 Å². The third-order valence-corrected chi connectivity index (χ3v) is 6.26. The zero-order valence-electron chi connectivity index (χ0n) is 17.3. The Bertz CT molecular complexity index is 1140. The molecular weight excluding hydrogens is 436 g/mol. The number of benzene rings is 2. The summed E-state index contributed by atoms with van der Waals surface area (Å²) in [4.78, 5) is 26.6. The molecule has 1 saturated heterocycles. The molecule has 7 nitrogen and oxygen atoms in total. The van der Waals surface area contributed by atoms with Crippen molar-refractivity contribution in [1.29, 1.82) is 0 Å². The number of nitrogens with zero attached hydrogens (tertiary/aromatic N) is 3. The van der Waals surface area contributed by atoms with Crippen molar-refractivity contribution >= 4 is 34.6 Å². The van der Waals surface area contributed by atoms with E-state index in [0.29, 0.717) is 30.2 Å². The van der Waals surface area contributed by atoms with Gasteiger partial charge in [0.1, 0.15) is 16.6 Å². The average molecular weight is 458 g/mol. The molecule has 1 aliphatic rings. The highest BCUT2D eigenvalue weighted by Gasteiger charge is 2.28. The standard InChI is InChI=1S/C22H21F2N5O2S/c1-13-4-7-16(8-5-13)25-19(30)21-28-27-20(32-21)14-3-2-10-29(12-14)22(31)26-18-11-15(23)6-9-17(18)24/h4-9,11,14H,2-3,10,12H2,1H3,(H,25,30)(H,26,31). The fourth-order valence-corrected chi connectivity index (χ4v) is 4.33. The maximum atomic E-state index is 13.8. The Hall–Kier alpha value is -3.40. The van der Waals surface area contributed by atoms with E-state index in [4.69, 9.17) is 0 Å². The lowest BCUT2D eigenvalue weighted by atomic mass is 9.99. The minimum absolute atomic E-state index is 0.0923. The Morgan fingerprint density at radius 2 is 1.88 bits per heavy atom. The third kappa shape index (κ3) is 5.08. The molecule has 3 aromatic rings. The van der Waals surface area contributed by atoms with E-state index in [1.54, 1.807) is 0 Å². The van der Waals surface area contributed by atoms with Gasteiger partial charge in [0.25, 0.3) is 5.91 Å². The number of aryl methyl sites for hydroxylation is 1. The summed E-state index contributed by atoms with van der Waals surface area (Å²) in [5.41, 5.74) is 1.55. The Kier molecular flexibility index (Phi) is 6.40. The lowest BCUT2D eigenvalue weighted by Gasteiger charge is -2.31. The summed E-state index contributed by atoms with van der Waals surface area (Å²) >= 11 is 1.19. The number of hydrogen-bond donors (Lipinski definition) is 2. The van der Waals surface area contributed by atoms with Gasteiger partial charge in [0.2, 0.25) is 5.01 Å². The molecule has 1 unspecified atom stereocenters.